The monoisotopic (exact) mass is 331 g/mol. The molecule has 6 heteroatoms. The van der Waals surface area contributed by atoms with E-state index in [4.69, 9.17) is 4.74 Å². The van der Waals surface area contributed by atoms with Crippen molar-refractivity contribution in [3.63, 3.8) is 0 Å². The van der Waals surface area contributed by atoms with Crippen molar-refractivity contribution in [2.24, 2.45) is 0 Å². The lowest BCUT2D eigenvalue weighted by Crippen LogP contribution is -2.11. The van der Waals surface area contributed by atoms with Gasteiger partial charge in [-0.1, -0.05) is 0 Å². The molecule has 0 amide bonds. The van der Waals surface area contributed by atoms with Crippen molar-refractivity contribution >= 4 is 27.2 Å². The minimum atomic E-state index is -0.354. The van der Waals surface area contributed by atoms with Gasteiger partial charge in [0, 0.05) is 25.2 Å². The summed E-state index contributed by atoms with van der Waals surface area (Å²) in [5.41, 5.74) is 0.858. The number of nitrogens with zero attached hydrogens (tertiary/aromatic N) is 3. The van der Waals surface area contributed by atoms with Crippen LogP contribution in [0.15, 0.2) is 36.4 Å². The van der Waals surface area contributed by atoms with Gasteiger partial charge in [-0.3, -0.25) is 4.39 Å². The number of benzene rings is 1. The molecule has 0 aliphatic heterocycles. The number of hydrogen-bond donors (Lipinski definition) is 0. The molecule has 0 saturated heterocycles. The summed E-state index contributed by atoms with van der Waals surface area (Å²) in [7, 11) is 3.88. The lowest BCUT2D eigenvalue weighted by molar-refractivity contribution is 0.290. The standard InChI is InChI=1S/C17H18FN3OS/c1-21(2)17-7-6-14(19-20-17)16-10-12-4-5-13(11-15(12)23-16)22-9-3-8-18/h4-7,10-11H,3,8-9H2,1-2H3. The first-order valence-electron chi connectivity index (χ1n) is 7.41. The third-order valence-electron chi connectivity index (χ3n) is 3.40. The molecule has 2 aromatic heterocycles. The van der Waals surface area contributed by atoms with Crippen molar-refractivity contribution in [2.75, 3.05) is 32.3 Å². The molecule has 0 aliphatic rings. The minimum absolute atomic E-state index is 0.354. The highest BCUT2D eigenvalue weighted by Gasteiger charge is 2.08. The van der Waals surface area contributed by atoms with Crippen molar-refractivity contribution in [3.8, 4) is 16.3 Å². The van der Waals surface area contributed by atoms with E-state index in [0.29, 0.717) is 13.0 Å². The molecule has 0 aliphatic carbocycles. The number of rotatable bonds is 6. The number of alkyl halides is 1. The van der Waals surface area contributed by atoms with Crippen LogP contribution in [0.2, 0.25) is 0 Å². The largest absolute Gasteiger partial charge is 0.493 e. The van der Waals surface area contributed by atoms with Crippen LogP contribution in [-0.2, 0) is 0 Å². The van der Waals surface area contributed by atoms with Crippen LogP contribution in [0, 0.1) is 0 Å². The first-order valence-corrected chi connectivity index (χ1v) is 8.23. The Morgan fingerprint density at radius 2 is 2.00 bits per heavy atom. The van der Waals surface area contributed by atoms with E-state index < -0.39 is 0 Å². The van der Waals surface area contributed by atoms with E-state index in [1.54, 1.807) is 11.3 Å². The zero-order chi connectivity index (χ0) is 16.2. The molecule has 0 spiro atoms. The van der Waals surface area contributed by atoms with E-state index in [2.05, 4.69) is 16.3 Å². The Balaban J connectivity index is 1.84. The minimum Gasteiger partial charge on any atom is -0.493 e. The summed E-state index contributed by atoms with van der Waals surface area (Å²) in [6, 6.07) is 12.0. The fourth-order valence-corrected chi connectivity index (χ4v) is 3.22. The normalized spacial score (nSPS) is 10.9. The summed E-state index contributed by atoms with van der Waals surface area (Å²) in [6.45, 7) is 0.0463. The van der Waals surface area contributed by atoms with E-state index in [1.807, 2.05) is 49.3 Å². The van der Waals surface area contributed by atoms with E-state index in [0.717, 1.165) is 32.2 Å². The number of fused-ring (bicyclic) bond motifs is 1. The maximum Gasteiger partial charge on any atom is 0.150 e. The first kappa shape index (κ1) is 15.7. The summed E-state index contributed by atoms with van der Waals surface area (Å²) in [4.78, 5) is 2.99. The molecule has 1 aromatic carbocycles. The second-order valence-corrected chi connectivity index (χ2v) is 6.46. The van der Waals surface area contributed by atoms with Crippen LogP contribution in [0.4, 0.5) is 10.2 Å². The van der Waals surface area contributed by atoms with Crippen molar-refractivity contribution in [1.29, 1.82) is 0 Å². The van der Waals surface area contributed by atoms with Gasteiger partial charge in [-0.25, -0.2) is 0 Å². The predicted molar refractivity (Wildman–Crippen MR) is 93.3 cm³/mol. The van der Waals surface area contributed by atoms with Crippen molar-refractivity contribution in [3.05, 3.63) is 36.4 Å². The Morgan fingerprint density at radius 3 is 2.70 bits per heavy atom. The Labute approximate surface area is 138 Å². The molecule has 0 N–H and O–H groups in total. The maximum absolute atomic E-state index is 12.1. The quantitative estimate of drug-likeness (QED) is 0.636. The Morgan fingerprint density at radius 1 is 1.13 bits per heavy atom. The highest BCUT2D eigenvalue weighted by atomic mass is 32.1. The van der Waals surface area contributed by atoms with Crippen LogP contribution in [0.3, 0.4) is 0 Å². The van der Waals surface area contributed by atoms with Gasteiger partial charge in [0.1, 0.15) is 11.4 Å². The number of aromatic nitrogens is 2. The zero-order valence-electron chi connectivity index (χ0n) is 13.1. The molecule has 23 heavy (non-hydrogen) atoms. The zero-order valence-corrected chi connectivity index (χ0v) is 13.9. The van der Waals surface area contributed by atoms with E-state index in [1.165, 1.54) is 0 Å². The van der Waals surface area contributed by atoms with Gasteiger partial charge in [-0.2, -0.15) is 0 Å². The van der Waals surface area contributed by atoms with Crippen LogP contribution < -0.4 is 9.64 Å². The molecule has 4 nitrogen and oxygen atoms in total. The molecule has 0 fully saturated rings. The second kappa shape index (κ2) is 6.91. The average Bonchev–Trinajstić information content (AvgIpc) is 2.98. The number of anilines is 1. The van der Waals surface area contributed by atoms with Gasteiger partial charge < -0.3 is 9.64 Å². The molecule has 0 radical (unpaired) electrons. The number of ether oxygens (including phenoxy) is 1. The maximum atomic E-state index is 12.1. The molecule has 2 heterocycles. The van der Waals surface area contributed by atoms with Gasteiger partial charge >= 0.3 is 0 Å². The van der Waals surface area contributed by atoms with Crippen molar-refractivity contribution < 1.29 is 9.13 Å². The first-order chi connectivity index (χ1) is 11.2. The van der Waals surface area contributed by atoms with Gasteiger partial charge in [-0.05, 0) is 41.8 Å². The molecule has 3 rings (SSSR count). The predicted octanol–water partition coefficient (Wildman–Crippen LogP) is 4.16. The number of halogens is 1. The van der Waals surface area contributed by atoms with Crippen LogP contribution in [0.1, 0.15) is 6.42 Å². The molecule has 0 unspecified atom stereocenters. The molecular formula is C17H18FN3OS. The summed E-state index contributed by atoms with van der Waals surface area (Å²) >= 11 is 1.65. The van der Waals surface area contributed by atoms with Gasteiger partial charge in [0.15, 0.2) is 5.82 Å². The van der Waals surface area contributed by atoms with Gasteiger partial charge in [0.05, 0.1) is 18.2 Å². The second-order valence-electron chi connectivity index (χ2n) is 5.37. The van der Waals surface area contributed by atoms with Gasteiger partial charge in [-0.15, -0.1) is 21.5 Å². The molecule has 3 aromatic rings. The molecule has 0 atom stereocenters. The fourth-order valence-electron chi connectivity index (χ4n) is 2.17. The van der Waals surface area contributed by atoms with Crippen LogP contribution in [0.5, 0.6) is 5.75 Å². The summed E-state index contributed by atoms with van der Waals surface area (Å²) in [6.07, 6.45) is 0.418. The highest BCUT2D eigenvalue weighted by Crippen LogP contribution is 2.34. The van der Waals surface area contributed by atoms with Crippen molar-refractivity contribution in [2.45, 2.75) is 6.42 Å². The fraction of sp³-hybridized carbons (Fsp3) is 0.294. The Bertz CT molecular complexity index is 786. The van der Waals surface area contributed by atoms with E-state index >= 15 is 0 Å². The summed E-state index contributed by atoms with van der Waals surface area (Å²) in [5, 5.41) is 9.65. The summed E-state index contributed by atoms with van der Waals surface area (Å²) in [5.74, 6) is 1.60. The van der Waals surface area contributed by atoms with E-state index in [-0.39, 0.29) is 6.67 Å². The molecular weight excluding hydrogens is 313 g/mol. The van der Waals surface area contributed by atoms with Gasteiger partial charge in [0.25, 0.3) is 0 Å². The van der Waals surface area contributed by atoms with Crippen LogP contribution in [-0.4, -0.2) is 37.6 Å². The molecule has 0 bridgehead atoms. The summed E-state index contributed by atoms with van der Waals surface area (Å²) < 4.78 is 18.8. The van der Waals surface area contributed by atoms with E-state index in [9.17, 15) is 4.39 Å². The lowest BCUT2D eigenvalue weighted by Gasteiger charge is -2.09. The number of hydrogen-bond acceptors (Lipinski definition) is 5. The number of thiophene rings is 1. The molecule has 120 valence electrons. The van der Waals surface area contributed by atoms with Crippen LogP contribution in [0.25, 0.3) is 20.7 Å². The van der Waals surface area contributed by atoms with Crippen LogP contribution >= 0.6 is 11.3 Å². The topological polar surface area (TPSA) is 38.2 Å². The average molecular weight is 331 g/mol. The Kier molecular flexibility index (Phi) is 4.71. The third kappa shape index (κ3) is 3.59. The Hall–Kier alpha value is -2.21. The smallest absolute Gasteiger partial charge is 0.150 e. The lowest BCUT2D eigenvalue weighted by atomic mass is 10.2. The SMILES string of the molecule is CN(C)c1ccc(-c2cc3ccc(OCCCF)cc3s2)nn1. The third-order valence-corrected chi connectivity index (χ3v) is 4.52. The van der Waals surface area contributed by atoms with Crippen molar-refractivity contribution in [1.82, 2.24) is 10.2 Å². The van der Waals surface area contributed by atoms with Gasteiger partial charge in [0.2, 0.25) is 0 Å². The molecule has 0 saturated carbocycles. The highest BCUT2D eigenvalue weighted by molar-refractivity contribution is 7.22.